The zero-order valence-electron chi connectivity index (χ0n) is 14.2. The number of nitrogens with zero attached hydrogens (tertiary/aromatic N) is 3. The number of para-hydroxylation sites is 1. The van der Waals surface area contributed by atoms with Crippen molar-refractivity contribution < 1.29 is 4.79 Å². The van der Waals surface area contributed by atoms with E-state index in [-0.39, 0.29) is 5.91 Å². The lowest BCUT2D eigenvalue weighted by Crippen LogP contribution is -2.27. The molecule has 0 aliphatic heterocycles. The minimum Gasteiger partial charge on any atom is -0.315 e. The summed E-state index contributed by atoms with van der Waals surface area (Å²) in [6, 6.07) is 21.5. The number of aromatic nitrogens is 2. The van der Waals surface area contributed by atoms with Crippen LogP contribution in [0.25, 0.3) is 11.3 Å². The van der Waals surface area contributed by atoms with Crippen molar-refractivity contribution in [2.75, 3.05) is 17.7 Å². The molecule has 4 nitrogen and oxygen atoms in total. The number of carbonyl (C=O) groups is 1. The van der Waals surface area contributed by atoms with Gasteiger partial charge in [0.25, 0.3) is 0 Å². The highest BCUT2D eigenvalue weighted by molar-refractivity contribution is 7.99. The molecule has 0 aliphatic carbocycles. The second kappa shape index (κ2) is 7.94. The Kier molecular flexibility index (Phi) is 5.46. The molecule has 0 saturated heterocycles. The summed E-state index contributed by atoms with van der Waals surface area (Å²) in [5.41, 5.74) is 3.69. The molecule has 0 radical (unpaired) electrons. The van der Waals surface area contributed by atoms with Gasteiger partial charge in [-0.05, 0) is 25.1 Å². The minimum atomic E-state index is 0.0163. The van der Waals surface area contributed by atoms with E-state index in [1.165, 1.54) is 11.8 Å². The summed E-state index contributed by atoms with van der Waals surface area (Å²) >= 11 is 1.36. The van der Waals surface area contributed by atoms with Crippen molar-refractivity contribution in [2.24, 2.45) is 0 Å². The van der Waals surface area contributed by atoms with Gasteiger partial charge in [-0.3, -0.25) is 4.79 Å². The lowest BCUT2D eigenvalue weighted by Gasteiger charge is -2.16. The number of thioether (sulfide) groups is 1. The van der Waals surface area contributed by atoms with Crippen LogP contribution in [0.3, 0.4) is 0 Å². The zero-order valence-corrected chi connectivity index (χ0v) is 15.0. The smallest absolute Gasteiger partial charge is 0.237 e. The van der Waals surface area contributed by atoms with E-state index in [1.807, 2.05) is 73.7 Å². The van der Waals surface area contributed by atoms with Crippen LogP contribution in [0.2, 0.25) is 0 Å². The average molecular weight is 349 g/mol. The predicted octanol–water partition coefficient (Wildman–Crippen LogP) is 4.21. The summed E-state index contributed by atoms with van der Waals surface area (Å²) in [4.78, 5) is 23.1. The van der Waals surface area contributed by atoms with E-state index in [9.17, 15) is 4.79 Å². The van der Waals surface area contributed by atoms with Gasteiger partial charge in [-0.25, -0.2) is 9.97 Å². The van der Waals surface area contributed by atoms with Crippen molar-refractivity contribution in [1.29, 1.82) is 0 Å². The van der Waals surface area contributed by atoms with Gasteiger partial charge in [0.15, 0.2) is 5.16 Å². The van der Waals surface area contributed by atoms with Crippen LogP contribution in [-0.2, 0) is 4.79 Å². The maximum absolute atomic E-state index is 12.4. The molecule has 0 atom stereocenters. The molecule has 0 N–H and O–H groups in total. The third-order valence-electron chi connectivity index (χ3n) is 3.75. The first-order valence-corrected chi connectivity index (χ1v) is 8.97. The maximum Gasteiger partial charge on any atom is 0.237 e. The molecule has 0 unspecified atom stereocenters. The van der Waals surface area contributed by atoms with Crippen molar-refractivity contribution >= 4 is 23.4 Å². The van der Waals surface area contributed by atoms with Gasteiger partial charge < -0.3 is 4.90 Å². The molecule has 1 aromatic heterocycles. The zero-order chi connectivity index (χ0) is 17.6. The molecule has 2 aromatic carbocycles. The van der Waals surface area contributed by atoms with E-state index < -0.39 is 0 Å². The van der Waals surface area contributed by atoms with E-state index in [0.717, 1.165) is 22.6 Å². The van der Waals surface area contributed by atoms with Gasteiger partial charge in [0.2, 0.25) is 5.91 Å². The van der Waals surface area contributed by atoms with Crippen molar-refractivity contribution in [2.45, 2.75) is 12.1 Å². The average Bonchev–Trinajstić information content (AvgIpc) is 2.66. The van der Waals surface area contributed by atoms with Crippen molar-refractivity contribution in [3.8, 4) is 11.3 Å². The first-order chi connectivity index (χ1) is 12.1. The van der Waals surface area contributed by atoms with Crippen LogP contribution in [0.15, 0.2) is 71.9 Å². The monoisotopic (exact) mass is 349 g/mol. The van der Waals surface area contributed by atoms with Gasteiger partial charge in [-0.2, -0.15) is 0 Å². The van der Waals surface area contributed by atoms with E-state index in [4.69, 9.17) is 0 Å². The third-order valence-corrected chi connectivity index (χ3v) is 4.58. The molecule has 25 heavy (non-hydrogen) atoms. The molecule has 0 aliphatic rings. The second-order valence-electron chi connectivity index (χ2n) is 5.62. The second-order valence-corrected chi connectivity index (χ2v) is 6.56. The number of hydrogen-bond donors (Lipinski definition) is 0. The highest BCUT2D eigenvalue weighted by atomic mass is 32.2. The van der Waals surface area contributed by atoms with E-state index >= 15 is 0 Å². The molecule has 3 aromatic rings. The fourth-order valence-electron chi connectivity index (χ4n) is 2.38. The molecular weight excluding hydrogens is 330 g/mol. The largest absolute Gasteiger partial charge is 0.315 e. The molecule has 0 spiro atoms. The summed E-state index contributed by atoms with van der Waals surface area (Å²) in [5.74, 6) is 0.311. The SMILES string of the molecule is Cc1cc(-c2ccccc2)nc(SCC(=O)N(C)c2ccccc2)n1. The lowest BCUT2D eigenvalue weighted by atomic mass is 10.1. The fourth-order valence-corrected chi connectivity index (χ4v) is 3.20. The summed E-state index contributed by atoms with van der Waals surface area (Å²) in [6.45, 7) is 1.94. The van der Waals surface area contributed by atoms with Gasteiger partial charge in [0.05, 0.1) is 11.4 Å². The van der Waals surface area contributed by atoms with Gasteiger partial charge in [-0.1, -0.05) is 60.3 Å². The van der Waals surface area contributed by atoms with Crippen LogP contribution in [0.4, 0.5) is 5.69 Å². The number of rotatable bonds is 5. The third kappa shape index (κ3) is 4.45. The number of anilines is 1. The van der Waals surface area contributed by atoms with Crippen LogP contribution in [-0.4, -0.2) is 28.7 Å². The Morgan fingerprint density at radius 2 is 1.64 bits per heavy atom. The maximum atomic E-state index is 12.4. The van der Waals surface area contributed by atoms with Gasteiger partial charge in [0.1, 0.15) is 0 Å². The molecule has 0 bridgehead atoms. The summed E-state index contributed by atoms with van der Waals surface area (Å²) in [7, 11) is 1.78. The fraction of sp³-hybridized carbons (Fsp3) is 0.150. The molecule has 126 valence electrons. The number of benzene rings is 2. The standard InChI is InChI=1S/C20H19N3OS/c1-15-13-18(16-9-5-3-6-10-16)22-20(21-15)25-14-19(24)23(2)17-11-7-4-8-12-17/h3-13H,14H2,1-2H3. The highest BCUT2D eigenvalue weighted by Crippen LogP contribution is 2.22. The molecule has 0 fully saturated rings. The first kappa shape index (κ1) is 17.2. The molecule has 1 heterocycles. The van der Waals surface area contributed by atoms with E-state index in [0.29, 0.717) is 10.9 Å². The molecule has 0 saturated carbocycles. The Labute approximate surface area is 151 Å². The van der Waals surface area contributed by atoms with E-state index in [2.05, 4.69) is 9.97 Å². The van der Waals surface area contributed by atoms with Crippen LogP contribution in [0.5, 0.6) is 0 Å². The minimum absolute atomic E-state index is 0.0163. The Morgan fingerprint density at radius 3 is 2.32 bits per heavy atom. The van der Waals surface area contributed by atoms with Crippen LogP contribution in [0.1, 0.15) is 5.69 Å². The van der Waals surface area contributed by atoms with E-state index in [1.54, 1.807) is 11.9 Å². The number of aryl methyl sites for hydroxylation is 1. The summed E-state index contributed by atoms with van der Waals surface area (Å²) < 4.78 is 0. The molecule has 1 amide bonds. The first-order valence-electron chi connectivity index (χ1n) is 7.99. The van der Waals surface area contributed by atoms with Gasteiger partial charge in [0, 0.05) is 24.0 Å². The van der Waals surface area contributed by atoms with Crippen molar-refractivity contribution in [3.63, 3.8) is 0 Å². The van der Waals surface area contributed by atoms with Crippen molar-refractivity contribution in [1.82, 2.24) is 9.97 Å². The predicted molar refractivity (Wildman–Crippen MR) is 103 cm³/mol. The normalized spacial score (nSPS) is 10.5. The Morgan fingerprint density at radius 1 is 1.00 bits per heavy atom. The Hall–Kier alpha value is -2.66. The number of hydrogen-bond acceptors (Lipinski definition) is 4. The van der Waals surface area contributed by atoms with Crippen molar-refractivity contribution in [3.05, 3.63) is 72.4 Å². The van der Waals surface area contributed by atoms with Crippen LogP contribution >= 0.6 is 11.8 Å². The highest BCUT2D eigenvalue weighted by Gasteiger charge is 2.13. The van der Waals surface area contributed by atoms with Gasteiger partial charge >= 0.3 is 0 Å². The Bertz CT molecular complexity index is 853. The number of amides is 1. The summed E-state index contributed by atoms with van der Waals surface area (Å²) in [5, 5.41) is 0.619. The lowest BCUT2D eigenvalue weighted by molar-refractivity contribution is -0.115. The Balaban J connectivity index is 1.71. The topological polar surface area (TPSA) is 46.1 Å². The van der Waals surface area contributed by atoms with Crippen LogP contribution in [0, 0.1) is 6.92 Å². The molecular formula is C20H19N3OS. The number of carbonyl (C=O) groups excluding carboxylic acids is 1. The summed E-state index contributed by atoms with van der Waals surface area (Å²) in [6.07, 6.45) is 0. The molecule has 3 rings (SSSR count). The van der Waals surface area contributed by atoms with Gasteiger partial charge in [-0.15, -0.1) is 0 Å². The van der Waals surface area contributed by atoms with Crippen LogP contribution < -0.4 is 4.90 Å². The quantitative estimate of drug-likeness (QED) is 0.511. The molecule has 5 heteroatoms.